The van der Waals surface area contributed by atoms with E-state index in [9.17, 15) is 0 Å². The van der Waals surface area contributed by atoms with Crippen molar-refractivity contribution in [3.63, 3.8) is 0 Å². The number of halogens is 4. The van der Waals surface area contributed by atoms with E-state index >= 15 is 0 Å². The average molecular weight is 455 g/mol. The summed E-state index contributed by atoms with van der Waals surface area (Å²) in [6.45, 7) is 1.99. The fourth-order valence-corrected chi connectivity index (χ4v) is 4.98. The summed E-state index contributed by atoms with van der Waals surface area (Å²) in [6, 6.07) is 7.96. The molecule has 2 rings (SSSR count). The van der Waals surface area contributed by atoms with E-state index in [0.29, 0.717) is 5.15 Å². The van der Waals surface area contributed by atoms with Gasteiger partial charge in [-0.3, -0.25) is 4.68 Å². The van der Waals surface area contributed by atoms with E-state index in [2.05, 4.69) is 43.0 Å². The lowest BCUT2D eigenvalue weighted by atomic mass is 9.79. The zero-order valence-electron chi connectivity index (χ0n) is 11.8. The predicted octanol–water partition coefficient (Wildman–Crippen LogP) is 5.31. The highest BCUT2D eigenvalue weighted by Gasteiger charge is 2.34. The largest absolute Gasteiger partial charge is 0.257 e. The maximum absolute atomic E-state index is 6.42. The third kappa shape index (κ3) is 3.34. The number of benzene rings is 1. The monoisotopic (exact) mass is 452 g/mol. The standard InChI is InChI=1S/C15H16Br2Cl2N2/c1-10-11(14(19)21(2)20-10)7-15(8-16,9-17)12-5-3-4-6-13(12)18/h3-6H,7-9H2,1-2H3. The minimum Gasteiger partial charge on any atom is -0.257 e. The van der Waals surface area contributed by atoms with Gasteiger partial charge in [0, 0.05) is 33.7 Å². The van der Waals surface area contributed by atoms with E-state index in [4.69, 9.17) is 23.2 Å². The van der Waals surface area contributed by atoms with E-state index in [0.717, 1.165) is 38.9 Å². The first-order chi connectivity index (χ1) is 9.95. The van der Waals surface area contributed by atoms with E-state index in [1.54, 1.807) is 4.68 Å². The van der Waals surface area contributed by atoms with Crippen molar-refractivity contribution in [2.24, 2.45) is 7.05 Å². The van der Waals surface area contributed by atoms with Crippen LogP contribution in [0.25, 0.3) is 0 Å². The van der Waals surface area contributed by atoms with Crippen LogP contribution in [0, 0.1) is 6.92 Å². The number of nitrogens with zero attached hydrogens (tertiary/aromatic N) is 2. The van der Waals surface area contributed by atoms with Crippen LogP contribution in [0.4, 0.5) is 0 Å². The summed E-state index contributed by atoms with van der Waals surface area (Å²) in [5.74, 6) is 0. The van der Waals surface area contributed by atoms with Crippen molar-refractivity contribution < 1.29 is 0 Å². The quantitative estimate of drug-likeness (QED) is 0.560. The van der Waals surface area contributed by atoms with Gasteiger partial charge in [0.15, 0.2) is 0 Å². The van der Waals surface area contributed by atoms with Crippen LogP contribution in [-0.4, -0.2) is 20.4 Å². The summed E-state index contributed by atoms with van der Waals surface area (Å²) in [4.78, 5) is 0. The molecule has 0 unspecified atom stereocenters. The molecule has 0 fully saturated rings. The summed E-state index contributed by atoms with van der Waals surface area (Å²) in [5, 5.41) is 7.41. The summed E-state index contributed by atoms with van der Waals surface area (Å²) >= 11 is 20.1. The van der Waals surface area contributed by atoms with Crippen LogP contribution in [0.3, 0.4) is 0 Å². The average Bonchev–Trinajstić information content (AvgIpc) is 2.71. The lowest BCUT2D eigenvalue weighted by Gasteiger charge is -2.31. The molecule has 0 saturated carbocycles. The topological polar surface area (TPSA) is 17.8 Å². The highest BCUT2D eigenvalue weighted by atomic mass is 79.9. The van der Waals surface area contributed by atoms with E-state index < -0.39 is 0 Å². The van der Waals surface area contributed by atoms with Crippen molar-refractivity contribution in [1.29, 1.82) is 0 Å². The third-order valence-corrected chi connectivity index (χ3v) is 6.69. The van der Waals surface area contributed by atoms with Crippen molar-refractivity contribution in [2.45, 2.75) is 18.8 Å². The Kier molecular flexibility index (Phi) is 5.80. The summed E-state index contributed by atoms with van der Waals surface area (Å²) in [5.41, 5.74) is 2.97. The molecule has 0 saturated heterocycles. The van der Waals surface area contributed by atoms with Crippen LogP contribution < -0.4 is 0 Å². The Labute approximate surface area is 152 Å². The number of aromatic nitrogens is 2. The molecule has 0 aliphatic rings. The Morgan fingerprint density at radius 3 is 2.29 bits per heavy atom. The molecule has 2 nitrogen and oxygen atoms in total. The number of hydrogen-bond acceptors (Lipinski definition) is 1. The Bertz CT molecular complexity index is 637. The fraction of sp³-hybridized carbons (Fsp3) is 0.400. The molecule has 0 N–H and O–H groups in total. The van der Waals surface area contributed by atoms with Crippen LogP contribution >= 0.6 is 55.1 Å². The van der Waals surface area contributed by atoms with Crippen molar-refractivity contribution in [2.75, 3.05) is 10.7 Å². The Hall–Kier alpha value is -0.0300. The molecule has 1 aromatic carbocycles. The van der Waals surface area contributed by atoms with Crippen molar-refractivity contribution in [1.82, 2.24) is 9.78 Å². The van der Waals surface area contributed by atoms with Gasteiger partial charge in [-0.25, -0.2) is 0 Å². The molecule has 0 spiro atoms. The summed E-state index contributed by atoms with van der Waals surface area (Å²) in [6.07, 6.45) is 0.770. The molecule has 0 radical (unpaired) electrons. The molecule has 0 amide bonds. The Morgan fingerprint density at radius 1 is 1.19 bits per heavy atom. The molecule has 0 atom stereocenters. The first-order valence-corrected chi connectivity index (χ1v) is 9.50. The van der Waals surface area contributed by atoms with Gasteiger partial charge in [0.05, 0.1) is 5.69 Å². The molecule has 6 heteroatoms. The highest BCUT2D eigenvalue weighted by molar-refractivity contribution is 9.09. The number of alkyl halides is 2. The minimum atomic E-state index is -0.171. The maximum atomic E-state index is 6.42. The Balaban J connectivity index is 2.51. The Morgan fingerprint density at radius 2 is 1.81 bits per heavy atom. The molecular weight excluding hydrogens is 439 g/mol. The van der Waals surface area contributed by atoms with Gasteiger partial charge < -0.3 is 0 Å². The normalized spacial score (nSPS) is 11.9. The lowest BCUT2D eigenvalue weighted by molar-refractivity contribution is 0.550. The van der Waals surface area contributed by atoms with Gasteiger partial charge >= 0.3 is 0 Å². The molecule has 0 bridgehead atoms. The second kappa shape index (κ2) is 7.03. The molecule has 2 aromatic rings. The van der Waals surface area contributed by atoms with Gasteiger partial charge in [-0.05, 0) is 25.0 Å². The predicted molar refractivity (Wildman–Crippen MR) is 97.4 cm³/mol. The van der Waals surface area contributed by atoms with E-state index in [-0.39, 0.29) is 5.41 Å². The SMILES string of the molecule is Cc1nn(C)c(Cl)c1CC(CBr)(CBr)c1ccccc1Cl. The molecule has 1 aromatic heterocycles. The van der Waals surface area contributed by atoms with E-state index in [1.165, 1.54) is 0 Å². The maximum Gasteiger partial charge on any atom is 0.130 e. The number of rotatable bonds is 5. The lowest BCUT2D eigenvalue weighted by Crippen LogP contribution is -2.33. The molecule has 1 heterocycles. The van der Waals surface area contributed by atoms with Crippen LogP contribution in [-0.2, 0) is 18.9 Å². The fourth-order valence-electron chi connectivity index (χ4n) is 2.47. The highest BCUT2D eigenvalue weighted by Crippen LogP contribution is 2.38. The van der Waals surface area contributed by atoms with Gasteiger partial charge in [0.1, 0.15) is 5.15 Å². The van der Waals surface area contributed by atoms with Crippen LogP contribution in [0.2, 0.25) is 10.2 Å². The van der Waals surface area contributed by atoms with Crippen molar-refractivity contribution >= 4 is 55.1 Å². The van der Waals surface area contributed by atoms with E-state index in [1.807, 2.05) is 32.2 Å². The third-order valence-electron chi connectivity index (χ3n) is 3.74. The molecule has 21 heavy (non-hydrogen) atoms. The van der Waals surface area contributed by atoms with Gasteiger partial charge in [0.25, 0.3) is 0 Å². The zero-order valence-corrected chi connectivity index (χ0v) is 16.5. The van der Waals surface area contributed by atoms with Gasteiger partial charge in [0.2, 0.25) is 0 Å². The first kappa shape index (κ1) is 17.3. The van der Waals surface area contributed by atoms with Gasteiger partial charge in [-0.2, -0.15) is 5.10 Å². The second-order valence-corrected chi connectivity index (χ2v) is 7.07. The summed E-state index contributed by atoms with van der Waals surface area (Å²) < 4.78 is 1.71. The van der Waals surface area contributed by atoms with Crippen molar-refractivity contribution in [3.8, 4) is 0 Å². The molecule has 114 valence electrons. The van der Waals surface area contributed by atoms with Crippen LogP contribution in [0.15, 0.2) is 24.3 Å². The number of hydrogen-bond donors (Lipinski definition) is 0. The molecule has 0 aliphatic heterocycles. The summed E-state index contributed by atoms with van der Waals surface area (Å²) in [7, 11) is 1.86. The first-order valence-electron chi connectivity index (χ1n) is 6.50. The smallest absolute Gasteiger partial charge is 0.130 e. The second-order valence-electron chi connectivity index (χ2n) is 5.18. The van der Waals surface area contributed by atoms with Crippen molar-refractivity contribution in [3.05, 3.63) is 51.3 Å². The zero-order chi connectivity index (χ0) is 15.6. The molecular formula is C15H16Br2Cl2N2. The van der Waals surface area contributed by atoms with Crippen LogP contribution in [0.1, 0.15) is 16.8 Å². The van der Waals surface area contributed by atoms with Crippen LogP contribution in [0.5, 0.6) is 0 Å². The molecule has 0 aliphatic carbocycles. The van der Waals surface area contributed by atoms with Gasteiger partial charge in [-0.1, -0.05) is 73.3 Å². The van der Waals surface area contributed by atoms with Gasteiger partial charge in [-0.15, -0.1) is 0 Å². The minimum absolute atomic E-state index is 0.171. The number of aryl methyl sites for hydroxylation is 2.